The summed E-state index contributed by atoms with van der Waals surface area (Å²) in [6.45, 7) is 0.716. The van der Waals surface area contributed by atoms with Crippen LogP contribution in [0.15, 0.2) is 46.8 Å². The molecule has 1 N–H and O–H groups in total. The lowest BCUT2D eigenvalue weighted by atomic mass is 10.0. The Balaban J connectivity index is 1.37. The number of nitrogens with zero attached hydrogens (tertiary/aromatic N) is 3. The first-order valence-corrected chi connectivity index (χ1v) is 11.7. The van der Waals surface area contributed by atoms with E-state index in [9.17, 15) is 9.59 Å². The zero-order chi connectivity index (χ0) is 21.1. The van der Waals surface area contributed by atoms with Crippen LogP contribution in [-0.2, 0) is 11.2 Å². The van der Waals surface area contributed by atoms with E-state index < -0.39 is 5.91 Å². The lowest BCUT2D eigenvalue weighted by Crippen LogP contribution is -2.36. The monoisotopic (exact) mass is 478 g/mol. The third-order valence-electron chi connectivity index (χ3n) is 4.53. The predicted octanol–water partition coefficient (Wildman–Crippen LogP) is 5.17. The Labute approximate surface area is 191 Å². The molecule has 0 spiro atoms. The van der Waals surface area contributed by atoms with E-state index in [1.807, 2.05) is 23.1 Å². The van der Waals surface area contributed by atoms with Gasteiger partial charge in [0, 0.05) is 17.3 Å². The number of fused-ring (bicyclic) bond motifs is 1. The smallest absolute Gasteiger partial charge is 0.259 e. The normalized spacial score (nSPS) is 13.1. The molecule has 1 aromatic heterocycles. The Morgan fingerprint density at radius 3 is 2.87 bits per heavy atom. The number of hydrogen-bond acceptors (Lipinski definition) is 6. The van der Waals surface area contributed by atoms with Gasteiger partial charge in [-0.15, -0.1) is 10.2 Å². The number of nitrogens with one attached hydrogen (secondary N) is 1. The number of carbonyl (C=O) groups excluding carboxylic acids is 2. The lowest BCUT2D eigenvalue weighted by molar-refractivity contribution is -0.116. The molecule has 4 rings (SSSR count). The number of rotatable bonds is 5. The Kier molecular flexibility index (Phi) is 6.58. The van der Waals surface area contributed by atoms with Crippen LogP contribution in [0.3, 0.4) is 0 Å². The second kappa shape index (κ2) is 9.34. The van der Waals surface area contributed by atoms with Crippen molar-refractivity contribution in [3.8, 4) is 0 Å². The van der Waals surface area contributed by atoms with E-state index in [0.29, 0.717) is 26.1 Å². The zero-order valence-electron chi connectivity index (χ0n) is 15.6. The minimum absolute atomic E-state index is 0.0265. The molecular weight excluding hydrogens is 463 g/mol. The number of benzene rings is 2. The Bertz CT molecular complexity index is 1110. The standard InChI is InChI=1S/C20H16Cl2N4O2S2/c21-13-7-8-15(22)14(10-13)18(28)23-19-24-25-20(30-19)29-11-17(27)26-9-3-5-12-4-1-2-6-16(12)26/h1-2,4,6-8,10H,3,5,9,11H2,(H,23,24,28). The first kappa shape index (κ1) is 21.1. The number of para-hydroxylation sites is 1. The highest BCUT2D eigenvalue weighted by Crippen LogP contribution is 2.30. The minimum Gasteiger partial charge on any atom is -0.311 e. The van der Waals surface area contributed by atoms with Crippen molar-refractivity contribution in [2.24, 2.45) is 0 Å². The molecule has 1 aliphatic heterocycles. The summed E-state index contributed by atoms with van der Waals surface area (Å²) < 4.78 is 0.598. The molecule has 2 heterocycles. The van der Waals surface area contributed by atoms with E-state index in [-0.39, 0.29) is 17.2 Å². The summed E-state index contributed by atoms with van der Waals surface area (Å²) in [4.78, 5) is 27.0. The number of thioether (sulfide) groups is 1. The van der Waals surface area contributed by atoms with E-state index in [1.54, 1.807) is 12.1 Å². The fourth-order valence-electron chi connectivity index (χ4n) is 3.15. The van der Waals surface area contributed by atoms with Gasteiger partial charge in [-0.2, -0.15) is 0 Å². The molecule has 2 aromatic carbocycles. The molecule has 0 radical (unpaired) electrons. The van der Waals surface area contributed by atoms with Crippen molar-refractivity contribution in [1.82, 2.24) is 10.2 Å². The fraction of sp³-hybridized carbons (Fsp3) is 0.200. The van der Waals surface area contributed by atoms with Crippen LogP contribution < -0.4 is 10.2 Å². The quantitative estimate of drug-likeness (QED) is 0.404. The molecule has 0 unspecified atom stereocenters. The number of anilines is 2. The van der Waals surface area contributed by atoms with Crippen LogP contribution in [0.2, 0.25) is 10.0 Å². The molecule has 0 saturated carbocycles. The zero-order valence-corrected chi connectivity index (χ0v) is 18.7. The second-order valence-corrected chi connectivity index (χ2v) is 9.56. The van der Waals surface area contributed by atoms with Gasteiger partial charge in [-0.1, -0.05) is 64.5 Å². The lowest BCUT2D eigenvalue weighted by Gasteiger charge is -2.29. The van der Waals surface area contributed by atoms with Gasteiger partial charge >= 0.3 is 0 Å². The molecule has 0 fully saturated rings. The van der Waals surface area contributed by atoms with Crippen LogP contribution in [0.5, 0.6) is 0 Å². The molecule has 30 heavy (non-hydrogen) atoms. The number of carbonyl (C=O) groups is 2. The third kappa shape index (κ3) is 4.78. The van der Waals surface area contributed by atoms with Crippen molar-refractivity contribution >= 4 is 68.9 Å². The first-order valence-electron chi connectivity index (χ1n) is 9.12. The SMILES string of the molecule is O=C(Nc1nnc(SCC(=O)N2CCCc3ccccc32)s1)c1cc(Cl)ccc1Cl. The third-order valence-corrected chi connectivity index (χ3v) is 7.05. The van der Waals surface area contributed by atoms with Crippen LogP contribution in [0.25, 0.3) is 0 Å². The van der Waals surface area contributed by atoms with E-state index >= 15 is 0 Å². The maximum absolute atomic E-state index is 12.7. The Morgan fingerprint density at radius 2 is 2.00 bits per heavy atom. The summed E-state index contributed by atoms with van der Waals surface area (Å²) >= 11 is 14.5. The number of halogens is 2. The van der Waals surface area contributed by atoms with Crippen molar-refractivity contribution in [2.75, 3.05) is 22.5 Å². The molecule has 0 aliphatic carbocycles. The van der Waals surface area contributed by atoms with Crippen LogP contribution >= 0.6 is 46.3 Å². The molecule has 0 bridgehead atoms. The maximum Gasteiger partial charge on any atom is 0.259 e. The average molecular weight is 479 g/mol. The summed E-state index contributed by atoms with van der Waals surface area (Å²) in [6.07, 6.45) is 1.94. The van der Waals surface area contributed by atoms with Gasteiger partial charge in [-0.3, -0.25) is 14.9 Å². The number of hydrogen-bond donors (Lipinski definition) is 1. The molecule has 1 aliphatic rings. The summed E-state index contributed by atoms with van der Waals surface area (Å²) in [5.41, 5.74) is 2.44. The minimum atomic E-state index is -0.420. The molecule has 154 valence electrons. The Morgan fingerprint density at radius 1 is 1.17 bits per heavy atom. The average Bonchev–Trinajstić information content (AvgIpc) is 3.20. The van der Waals surface area contributed by atoms with Crippen LogP contribution in [-0.4, -0.2) is 34.3 Å². The van der Waals surface area contributed by atoms with Gasteiger partial charge in [0.2, 0.25) is 11.0 Å². The van der Waals surface area contributed by atoms with Gasteiger partial charge < -0.3 is 4.90 Å². The van der Waals surface area contributed by atoms with Crippen molar-refractivity contribution < 1.29 is 9.59 Å². The molecule has 2 amide bonds. The van der Waals surface area contributed by atoms with Crippen molar-refractivity contribution in [3.05, 3.63) is 63.6 Å². The summed E-state index contributed by atoms with van der Waals surface area (Å²) in [5.74, 6) is -0.147. The van der Waals surface area contributed by atoms with Gasteiger partial charge in [-0.05, 0) is 42.7 Å². The summed E-state index contributed by atoms with van der Waals surface area (Å²) in [7, 11) is 0. The highest BCUT2D eigenvalue weighted by Gasteiger charge is 2.22. The van der Waals surface area contributed by atoms with Crippen molar-refractivity contribution in [1.29, 1.82) is 0 Å². The molecule has 10 heteroatoms. The van der Waals surface area contributed by atoms with Crippen molar-refractivity contribution in [2.45, 2.75) is 17.2 Å². The second-order valence-electron chi connectivity index (χ2n) is 6.52. The summed E-state index contributed by atoms with van der Waals surface area (Å²) in [6, 6.07) is 12.6. The Hall–Kier alpha value is -2.13. The van der Waals surface area contributed by atoms with Crippen molar-refractivity contribution in [3.63, 3.8) is 0 Å². The highest BCUT2D eigenvalue weighted by atomic mass is 35.5. The van der Waals surface area contributed by atoms with Gasteiger partial charge in [-0.25, -0.2) is 0 Å². The van der Waals surface area contributed by atoms with Crippen LogP contribution in [0.1, 0.15) is 22.3 Å². The van der Waals surface area contributed by atoms with E-state index in [2.05, 4.69) is 21.6 Å². The number of aromatic nitrogens is 2. The van der Waals surface area contributed by atoms with Gasteiger partial charge in [0.15, 0.2) is 4.34 Å². The van der Waals surface area contributed by atoms with Crippen LogP contribution in [0, 0.1) is 0 Å². The topological polar surface area (TPSA) is 75.2 Å². The number of aryl methyl sites for hydroxylation is 1. The maximum atomic E-state index is 12.7. The molecule has 3 aromatic rings. The predicted molar refractivity (Wildman–Crippen MR) is 122 cm³/mol. The summed E-state index contributed by atoms with van der Waals surface area (Å²) in [5, 5.41) is 11.7. The molecule has 6 nitrogen and oxygen atoms in total. The largest absolute Gasteiger partial charge is 0.311 e. The van der Waals surface area contributed by atoms with E-state index in [4.69, 9.17) is 23.2 Å². The van der Waals surface area contributed by atoms with Gasteiger partial charge in [0.25, 0.3) is 5.91 Å². The molecule has 0 saturated heterocycles. The van der Waals surface area contributed by atoms with E-state index in [1.165, 1.54) is 34.7 Å². The molecule has 0 atom stereocenters. The van der Waals surface area contributed by atoms with E-state index in [0.717, 1.165) is 18.5 Å². The van der Waals surface area contributed by atoms with Crippen LogP contribution in [0.4, 0.5) is 10.8 Å². The fourth-order valence-corrected chi connectivity index (χ4v) is 5.15. The van der Waals surface area contributed by atoms with Gasteiger partial charge in [0.05, 0.1) is 16.3 Å². The number of amides is 2. The molecular formula is C20H16Cl2N4O2S2. The first-order chi connectivity index (χ1) is 14.5. The van der Waals surface area contributed by atoms with Gasteiger partial charge in [0.1, 0.15) is 0 Å². The highest BCUT2D eigenvalue weighted by molar-refractivity contribution is 8.01.